The van der Waals surface area contributed by atoms with Crippen molar-refractivity contribution in [3.8, 4) is 0 Å². The SMILES string of the molecule is CC1(C)C2CN(Cc3coc(Br)c3)CC21. The van der Waals surface area contributed by atoms with Crippen LogP contribution in [0, 0.1) is 17.3 Å². The van der Waals surface area contributed by atoms with E-state index >= 15 is 0 Å². The van der Waals surface area contributed by atoms with Gasteiger partial charge in [-0.1, -0.05) is 13.8 Å². The van der Waals surface area contributed by atoms with Gasteiger partial charge in [-0.25, -0.2) is 0 Å². The highest BCUT2D eigenvalue weighted by atomic mass is 79.9. The zero-order valence-electron chi connectivity index (χ0n) is 9.16. The number of piperidine rings is 1. The van der Waals surface area contributed by atoms with Gasteiger partial charge in [0.25, 0.3) is 0 Å². The van der Waals surface area contributed by atoms with Crippen molar-refractivity contribution in [2.24, 2.45) is 17.3 Å². The van der Waals surface area contributed by atoms with Crippen LogP contribution in [0.1, 0.15) is 19.4 Å². The summed E-state index contributed by atoms with van der Waals surface area (Å²) in [5, 5.41) is 0. The summed E-state index contributed by atoms with van der Waals surface area (Å²) in [6, 6.07) is 2.06. The van der Waals surface area contributed by atoms with Crippen molar-refractivity contribution in [2.75, 3.05) is 13.1 Å². The standard InChI is InChI=1S/C12H16BrNO/c1-12(2)9-5-14(6-10(9)12)4-8-3-11(13)15-7-8/h3,7,9-10H,4-6H2,1-2H3. The van der Waals surface area contributed by atoms with E-state index < -0.39 is 0 Å². The Morgan fingerprint density at radius 2 is 2.13 bits per heavy atom. The molecule has 0 aromatic carbocycles. The Hall–Kier alpha value is -0.280. The zero-order chi connectivity index (χ0) is 10.6. The van der Waals surface area contributed by atoms with Gasteiger partial charge in [-0.3, -0.25) is 4.90 Å². The van der Waals surface area contributed by atoms with E-state index in [0.717, 1.165) is 23.1 Å². The maximum absolute atomic E-state index is 5.24. The summed E-state index contributed by atoms with van der Waals surface area (Å²) in [6.45, 7) is 8.36. The highest BCUT2D eigenvalue weighted by Crippen LogP contribution is 2.62. The predicted octanol–water partition coefficient (Wildman–Crippen LogP) is 3.13. The second kappa shape index (κ2) is 3.11. The summed E-state index contributed by atoms with van der Waals surface area (Å²) in [4.78, 5) is 2.54. The van der Waals surface area contributed by atoms with Crippen molar-refractivity contribution in [3.63, 3.8) is 0 Å². The number of hydrogen-bond acceptors (Lipinski definition) is 2. The maximum atomic E-state index is 5.24. The highest BCUT2D eigenvalue weighted by Gasteiger charge is 2.61. The molecule has 0 radical (unpaired) electrons. The van der Waals surface area contributed by atoms with E-state index in [1.807, 2.05) is 6.26 Å². The smallest absolute Gasteiger partial charge is 0.169 e. The largest absolute Gasteiger partial charge is 0.457 e. The van der Waals surface area contributed by atoms with E-state index in [1.165, 1.54) is 18.7 Å². The van der Waals surface area contributed by atoms with Gasteiger partial charge >= 0.3 is 0 Å². The molecule has 0 amide bonds. The molecule has 2 aliphatic rings. The van der Waals surface area contributed by atoms with Crippen LogP contribution in [-0.2, 0) is 6.54 Å². The van der Waals surface area contributed by atoms with Crippen LogP contribution in [-0.4, -0.2) is 18.0 Å². The van der Waals surface area contributed by atoms with E-state index in [0.29, 0.717) is 5.41 Å². The fourth-order valence-corrected chi connectivity index (χ4v) is 3.42. The van der Waals surface area contributed by atoms with Crippen LogP contribution < -0.4 is 0 Å². The summed E-state index contributed by atoms with van der Waals surface area (Å²) in [5.74, 6) is 1.88. The molecule has 0 spiro atoms. The Morgan fingerprint density at radius 1 is 1.47 bits per heavy atom. The van der Waals surface area contributed by atoms with Crippen molar-refractivity contribution < 1.29 is 4.42 Å². The monoisotopic (exact) mass is 269 g/mol. The number of halogens is 1. The van der Waals surface area contributed by atoms with Gasteiger partial charge in [-0.2, -0.15) is 0 Å². The minimum atomic E-state index is 0.619. The van der Waals surface area contributed by atoms with Gasteiger partial charge in [-0.15, -0.1) is 0 Å². The molecular weight excluding hydrogens is 254 g/mol. The van der Waals surface area contributed by atoms with Crippen LogP contribution >= 0.6 is 15.9 Å². The third kappa shape index (κ3) is 1.56. The molecule has 2 nitrogen and oxygen atoms in total. The molecule has 1 saturated heterocycles. The van der Waals surface area contributed by atoms with Gasteiger partial charge < -0.3 is 4.42 Å². The first-order valence-corrected chi connectivity index (χ1v) is 6.32. The molecule has 1 aromatic rings. The van der Waals surface area contributed by atoms with Crippen LogP contribution in [0.2, 0.25) is 0 Å². The van der Waals surface area contributed by atoms with Gasteiger partial charge in [0.05, 0.1) is 6.26 Å². The fraction of sp³-hybridized carbons (Fsp3) is 0.667. The Kier molecular flexibility index (Phi) is 2.05. The average molecular weight is 270 g/mol. The van der Waals surface area contributed by atoms with E-state index in [1.54, 1.807) is 0 Å². The van der Waals surface area contributed by atoms with Crippen LogP contribution in [0.25, 0.3) is 0 Å². The first-order valence-electron chi connectivity index (χ1n) is 5.52. The summed E-state index contributed by atoms with van der Waals surface area (Å²) in [5.41, 5.74) is 1.90. The van der Waals surface area contributed by atoms with Gasteiger partial charge in [0, 0.05) is 25.2 Å². The molecule has 1 saturated carbocycles. The van der Waals surface area contributed by atoms with E-state index in [-0.39, 0.29) is 0 Å². The lowest BCUT2D eigenvalue weighted by Crippen LogP contribution is -2.25. The molecule has 0 bridgehead atoms. The Balaban J connectivity index is 1.60. The molecule has 0 N–H and O–H groups in total. The minimum Gasteiger partial charge on any atom is -0.457 e. The molecule has 3 rings (SSSR count). The molecular formula is C12H16BrNO. The van der Waals surface area contributed by atoms with E-state index in [4.69, 9.17) is 4.42 Å². The molecule has 2 fully saturated rings. The number of fused-ring (bicyclic) bond motifs is 1. The van der Waals surface area contributed by atoms with Gasteiger partial charge in [0.15, 0.2) is 4.67 Å². The van der Waals surface area contributed by atoms with Crippen LogP contribution in [0.5, 0.6) is 0 Å². The fourth-order valence-electron chi connectivity index (χ4n) is 3.03. The molecule has 1 aromatic heterocycles. The normalized spacial score (nSPS) is 33.0. The average Bonchev–Trinajstić information content (AvgIpc) is 2.64. The molecule has 2 atom stereocenters. The van der Waals surface area contributed by atoms with Crippen molar-refractivity contribution >= 4 is 15.9 Å². The summed E-state index contributed by atoms with van der Waals surface area (Å²) in [6.07, 6.45) is 1.85. The number of hydrogen-bond donors (Lipinski definition) is 0. The summed E-state index contributed by atoms with van der Waals surface area (Å²) >= 11 is 3.34. The van der Waals surface area contributed by atoms with Crippen LogP contribution in [0.15, 0.2) is 21.4 Å². The molecule has 1 aliphatic carbocycles. The lowest BCUT2D eigenvalue weighted by atomic mass is 10.1. The molecule has 1 aliphatic heterocycles. The van der Waals surface area contributed by atoms with Gasteiger partial charge in [0.2, 0.25) is 0 Å². The highest BCUT2D eigenvalue weighted by molar-refractivity contribution is 9.10. The number of furan rings is 1. The molecule has 82 valence electrons. The maximum Gasteiger partial charge on any atom is 0.169 e. The Morgan fingerprint density at radius 3 is 2.67 bits per heavy atom. The van der Waals surface area contributed by atoms with Crippen molar-refractivity contribution in [3.05, 3.63) is 22.6 Å². The van der Waals surface area contributed by atoms with E-state index in [2.05, 4.69) is 40.7 Å². The lowest BCUT2D eigenvalue weighted by molar-refractivity contribution is 0.251. The predicted molar refractivity (Wildman–Crippen MR) is 62.4 cm³/mol. The topological polar surface area (TPSA) is 16.4 Å². The summed E-state index contributed by atoms with van der Waals surface area (Å²) in [7, 11) is 0. The third-order valence-electron chi connectivity index (χ3n) is 4.23. The second-order valence-electron chi connectivity index (χ2n) is 5.49. The number of likely N-dealkylation sites (tertiary alicyclic amines) is 1. The minimum absolute atomic E-state index is 0.619. The van der Waals surface area contributed by atoms with Crippen LogP contribution in [0.4, 0.5) is 0 Å². The summed E-state index contributed by atoms with van der Waals surface area (Å²) < 4.78 is 6.08. The quantitative estimate of drug-likeness (QED) is 0.821. The second-order valence-corrected chi connectivity index (χ2v) is 6.27. The van der Waals surface area contributed by atoms with Gasteiger partial charge in [0.1, 0.15) is 0 Å². The molecule has 2 unspecified atom stereocenters. The first-order chi connectivity index (χ1) is 7.07. The third-order valence-corrected chi connectivity index (χ3v) is 4.64. The van der Waals surface area contributed by atoms with E-state index in [9.17, 15) is 0 Å². The lowest BCUT2D eigenvalue weighted by Gasteiger charge is -2.20. The molecule has 15 heavy (non-hydrogen) atoms. The first kappa shape index (κ1) is 9.91. The zero-order valence-corrected chi connectivity index (χ0v) is 10.8. The van der Waals surface area contributed by atoms with Crippen molar-refractivity contribution in [2.45, 2.75) is 20.4 Å². The molecule has 3 heteroatoms. The molecule has 2 heterocycles. The Bertz CT molecular complexity index is 371. The number of rotatable bonds is 2. The Labute approximate surface area is 98.8 Å². The van der Waals surface area contributed by atoms with Crippen molar-refractivity contribution in [1.29, 1.82) is 0 Å². The van der Waals surface area contributed by atoms with Crippen LogP contribution in [0.3, 0.4) is 0 Å². The van der Waals surface area contributed by atoms with Crippen molar-refractivity contribution in [1.82, 2.24) is 4.90 Å². The van der Waals surface area contributed by atoms with Gasteiger partial charge in [-0.05, 0) is 39.2 Å². The number of nitrogens with zero attached hydrogens (tertiary/aromatic N) is 1.